The summed E-state index contributed by atoms with van der Waals surface area (Å²) in [5.74, 6) is -0.277. The molecule has 1 aliphatic heterocycles. The average Bonchev–Trinajstić information content (AvgIpc) is 3.03. The van der Waals surface area contributed by atoms with Gasteiger partial charge in [-0.3, -0.25) is 4.90 Å². The van der Waals surface area contributed by atoms with E-state index in [1.165, 1.54) is 6.07 Å². The SMILES string of the molecule is O=C(NCCc1ccccc1F)Nc1cccc(N2CCNC2=O)c1. The average molecular weight is 342 g/mol. The lowest BCUT2D eigenvalue weighted by molar-refractivity contribution is 0.251. The number of amides is 4. The van der Waals surface area contributed by atoms with Crippen LogP contribution < -0.4 is 20.9 Å². The van der Waals surface area contributed by atoms with Crippen molar-refractivity contribution in [2.45, 2.75) is 6.42 Å². The molecule has 1 heterocycles. The van der Waals surface area contributed by atoms with E-state index >= 15 is 0 Å². The summed E-state index contributed by atoms with van der Waals surface area (Å²) < 4.78 is 13.5. The van der Waals surface area contributed by atoms with Crippen molar-refractivity contribution >= 4 is 23.4 Å². The molecule has 4 amide bonds. The minimum atomic E-state index is -0.376. The highest BCUT2D eigenvalue weighted by molar-refractivity contribution is 5.95. The Hall–Kier alpha value is -3.09. The third-order valence-electron chi connectivity index (χ3n) is 3.91. The first-order valence-corrected chi connectivity index (χ1v) is 8.07. The molecule has 3 rings (SSSR count). The molecule has 1 saturated heterocycles. The minimum absolute atomic E-state index is 0.147. The van der Waals surface area contributed by atoms with Gasteiger partial charge in [0.25, 0.3) is 0 Å². The van der Waals surface area contributed by atoms with E-state index in [-0.39, 0.29) is 17.9 Å². The van der Waals surface area contributed by atoms with Gasteiger partial charge in [-0.2, -0.15) is 0 Å². The Balaban J connectivity index is 1.53. The largest absolute Gasteiger partial charge is 0.338 e. The van der Waals surface area contributed by atoms with Crippen molar-refractivity contribution < 1.29 is 14.0 Å². The monoisotopic (exact) mass is 342 g/mol. The molecule has 0 aromatic heterocycles. The van der Waals surface area contributed by atoms with Crippen LogP contribution in [0.4, 0.5) is 25.4 Å². The summed E-state index contributed by atoms with van der Waals surface area (Å²) in [5, 5.41) is 8.15. The van der Waals surface area contributed by atoms with E-state index in [2.05, 4.69) is 16.0 Å². The lowest BCUT2D eigenvalue weighted by Crippen LogP contribution is -2.31. The fraction of sp³-hybridized carbons (Fsp3) is 0.222. The molecule has 0 aliphatic carbocycles. The molecule has 0 radical (unpaired) electrons. The van der Waals surface area contributed by atoms with Gasteiger partial charge in [-0.1, -0.05) is 24.3 Å². The Morgan fingerprint density at radius 3 is 2.80 bits per heavy atom. The summed E-state index contributed by atoms with van der Waals surface area (Å²) >= 11 is 0. The van der Waals surface area contributed by atoms with Gasteiger partial charge in [0.2, 0.25) is 0 Å². The summed E-state index contributed by atoms with van der Waals surface area (Å²) in [5.41, 5.74) is 1.87. The Labute approximate surface area is 145 Å². The Morgan fingerprint density at radius 1 is 1.20 bits per heavy atom. The van der Waals surface area contributed by atoms with Gasteiger partial charge in [-0.15, -0.1) is 0 Å². The fourth-order valence-electron chi connectivity index (χ4n) is 2.66. The van der Waals surface area contributed by atoms with Gasteiger partial charge >= 0.3 is 12.1 Å². The maximum atomic E-state index is 13.5. The predicted molar refractivity (Wildman–Crippen MR) is 94.3 cm³/mol. The van der Waals surface area contributed by atoms with Gasteiger partial charge < -0.3 is 16.0 Å². The zero-order valence-corrected chi connectivity index (χ0v) is 13.6. The first kappa shape index (κ1) is 16.8. The minimum Gasteiger partial charge on any atom is -0.338 e. The molecule has 0 spiro atoms. The van der Waals surface area contributed by atoms with Crippen LogP contribution in [0, 0.1) is 5.82 Å². The lowest BCUT2D eigenvalue weighted by atomic mass is 10.1. The third-order valence-corrected chi connectivity index (χ3v) is 3.91. The van der Waals surface area contributed by atoms with Crippen LogP contribution in [0.15, 0.2) is 48.5 Å². The van der Waals surface area contributed by atoms with Crippen molar-refractivity contribution in [3.05, 3.63) is 59.9 Å². The molecule has 3 N–H and O–H groups in total. The van der Waals surface area contributed by atoms with Crippen LogP contribution in [0.3, 0.4) is 0 Å². The van der Waals surface area contributed by atoms with Crippen molar-refractivity contribution in [1.82, 2.24) is 10.6 Å². The first-order chi connectivity index (χ1) is 12.1. The van der Waals surface area contributed by atoms with Crippen molar-refractivity contribution in [3.63, 3.8) is 0 Å². The number of nitrogens with one attached hydrogen (secondary N) is 3. The smallest absolute Gasteiger partial charge is 0.321 e. The number of halogens is 1. The van der Waals surface area contributed by atoms with Crippen LogP contribution >= 0.6 is 0 Å². The fourth-order valence-corrected chi connectivity index (χ4v) is 2.66. The summed E-state index contributed by atoms with van der Waals surface area (Å²) in [6.07, 6.45) is 0.411. The molecule has 25 heavy (non-hydrogen) atoms. The van der Waals surface area contributed by atoms with Crippen LogP contribution in [-0.2, 0) is 6.42 Å². The molecule has 2 aromatic carbocycles. The van der Waals surface area contributed by atoms with E-state index in [9.17, 15) is 14.0 Å². The number of carbonyl (C=O) groups is 2. The van der Waals surface area contributed by atoms with Gasteiger partial charge in [0.05, 0.1) is 0 Å². The number of benzene rings is 2. The van der Waals surface area contributed by atoms with Gasteiger partial charge in [-0.25, -0.2) is 14.0 Å². The summed E-state index contributed by atoms with van der Waals surface area (Å²) in [6, 6.07) is 13.0. The molecule has 0 saturated carbocycles. The van der Waals surface area contributed by atoms with Crippen LogP contribution in [0.2, 0.25) is 0 Å². The summed E-state index contributed by atoms with van der Waals surface area (Å²) in [6.45, 7) is 1.52. The quantitative estimate of drug-likeness (QED) is 0.782. The van der Waals surface area contributed by atoms with Gasteiger partial charge in [0.1, 0.15) is 5.82 Å². The second-order valence-electron chi connectivity index (χ2n) is 5.66. The van der Waals surface area contributed by atoms with Crippen LogP contribution in [0.5, 0.6) is 0 Å². The van der Waals surface area contributed by atoms with E-state index in [0.717, 1.165) is 5.69 Å². The second-order valence-corrected chi connectivity index (χ2v) is 5.66. The zero-order valence-electron chi connectivity index (χ0n) is 13.6. The van der Waals surface area contributed by atoms with Crippen LogP contribution in [0.25, 0.3) is 0 Å². The molecule has 7 heteroatoms. The Kier molecular flexibility index (Phi) is 5.13. The van der Waals surface area contributed by atoms with Crippen LogP contribution in [0.1, 0.15) is 5.56 Å². The number of hydrogen-bond donors (Lipinski definition) is 3. The highest BCUT2D eigenvalue weighted by Crippen LogP contribution is 2.20. The van der Waals surface area contributed by atoms with Crippen molar-refractivity contribution in [1.29, 1.82) is 0 Å². The standard InChI is InChI=1S/C18H19FN4O2/c19-16-7-2-1-4-13(16)8-9-20-17(24)22-14-5-3-6-15(12-14)23-11-10-21-18(23)25/h1-7,12H,8-11H2,(H,21,25)(H2,20,22,24). The molecule has 1 fully saturated rings. The van der Waals surface area contributed by atoms with Gasteiger partial charge in [0, 0.05) is 31.0 Å². The second kappa shape index (κ2) is 7.65. The highest BCUT2D eigenvalue weighted by atomic mass is 19.1. The van der Waals surface area contributed by atoms with Gasteiger partial charge in [0.15, 0.2) is 0 Å². The number of rotatable bonds is 5. The molecule has 2 aromatic rings. The molecule has 130 valence electrons. The number of hydrogen-bond acceptors (Lipinski definition) is 2. The number of nitrogens with zero attached hydrogens (tertiary/aromatic N) is 1. The maximum absolute atomic E-state index is 13.5. The summed E-state index contributed by atoms with van der Waals surface area (Å²) in [7, 11) is 0. The normalized spacial score (nSPS) is 13.5. The molecule has 0 unspecified atom stereocenters. The number of urea groups is 2. The van der Waals surface area contributed by atoms with E-state index < -0.39 is 0 Å². The Morgan fingerprint density at radius 2 is 2.04 bits per heavy atom. The van der Waals surface area contributed by atoms with Crippen molar-refractivity contribution in [2.75, 3.05) is 29.9 Å². The summed E-state index contributed by atoms with van der Waals surface area (Å²) in [4.78, 5) is 25.3. The molecule has 0 bridgehead atoms. The van der Waals surface area contributed by atoms with E-state index in [1.807, 2.05) is 6.07 Å². The van der Waals surface area contributed by atoms with E-state index in [0.29, 0.717) is 37.3 Å². The third kappa shape index (κ3) is 4.26. The lowest BCUT2D eigenvalue weighted by Gasteiger charge is -2.15. The highest BCUT2D eigenvalue weighted by Gasteiger charge is 2.21. The predicted octanol–water partition coefficient (Wildman–Crippen LogP) is 2.72. The van der Waals surface area contributed by atoms with Crippen molar-refractivity contribution in [2.24, 2.45) is 0 Å². The van der Waals surface area contributed by atoms with Crippen LogP contribution in [-0.4, -0.2) is 31.7 Å². The molecule has 0 atom stereocenters. The van der Waals surface area contributed by atoms with E-state index in [1.54, 1.807) is 41.3 Å². The Bertz CT molecular complexity index is 781. The maximum Gasteiger partial charge on any atom is 0.321 e. The zero-order chi connectivity index (χ0) is 17.6. The molecular formula is C18H19FN4O2. The number of carbonyl (C=O) groups excluding carboxylic acids is 2. The topological polar surface area (TPSA) is 73.5 Å². The van der Waals surface area contributed by atoms with E-state index in [4.69, 9.17) is 0 Å². The molecule has 1 aliphatic rings. The molecule has 6 nitrogen and oxygen atoms in total. The van der Waals surface area contributed by atoms with Gasteiger partial charge in [-0.05, 0) is 36.2 Å². The first-order valence-electron chi connectivity index (χ1n) is 8.07. The van der Waals surface area contributed by atoms with Crippen molar-refractivity contribution in [3.8, 4) is 0 Å². The molecular weight excluding hydrogens is 323 g/mol. The number of anilines is 2.